The standard InChI is InChI=1S/C22H29N3O.2ClH/c1-18-14-23-13-12-21(18)24-22(26)17-25(15-19-8-4-2-5-9-19)16-20-10-6-3-7-11-20;;/h2-11,18,21,23H,12-17H2,1H3,(H,24,26);2*1H. The zero-order valence-corrected chi connectivity index (χ0v) is 18.0. The van der Waals surface area contributed by atoms with Gasteiger partial charge >= 0.3 is 0 Å². The molecule has 154 valence electrons. The average molecular weight is 424 g/mol. The minimum absolute atomic E-state index is 0. The topological polar surface area (TPSA) is 44.4 Å². The van der Waals surface area contributed by atoms with Gasteiger partial charge in [0, 0.05) is 19.1 Å². The lowest BCUT2D eigenvalue weighted by Gasteiger charge is -2.31. The van der Waals surface area contributed by atoms with E-state index in [-0.39, 0.29) is 36.8 Å². The lowest BCUT2D eigenvalue weighted by atomic mass is 9.95. The van der Waals surface area contributed by atoms with E-state index in [9.17, 15) is 4.79 Å². The fraction of sp³-hybridized carbons (Fsp3) is 0.409. The van der Waals surface area contributed by atoms with E-state index in [2.05, 4.69) is 46.7 Å². The SMILES string of the molecule is CC1CNCCC1NC(=O)CN(Cc1ccccc1)Cc1ccccc1.Cl.Cl. The summed E-state index contributed by atoms with van der Waals surface area (Å²) in [5, 5.41) is 6.63. The number of carbonyl (C=O) groups is 1. The van der Waals surface area contributed by atoms with Crippen LogP contribution < -0.4 is 10.6 Å². The number of amides is 1. The lowest BCUT2D eigenvalue weighted by molar-refractivity contribution is -0.123. The Labute approximate surface area is 180 Å². The molecule has 4 nitrogen and oxygen atoms in total. The number of hydrogen-bond acceptors (Lipinski definition) is 3. The highest BCUT2D eigenvalue weighted by Gasteiger charge is 2.23. The van der Waals surface area contributed by atoms with Crippen LogP contribution >= 0.6 is 24.8 Å². The van der Waals surface area contributed by atoms with Crippen molar-refractivity contribution in [2.75, 3.05) is 19.6 Å². The van der Waals surface area contributed by atoms with Gasteiger partial charge in [-0.3, -0.25) is 9.69 Å². The molecule has 2 atom stereocenters. The van der Waals surface area contributed by atoms with Crippen LogP contribution in [0.1, 0.15) is 24.5 Å². The fourth-order valence-corrected chi connectivity index (χ4v) is 3.53. The van der Waals surface area contributed by atoms with E-state index in [1.165, 1.54) is 11.1 Å². The number of hydrogen-bond donors (Lipinski definition) is 2. The third-order valence-corrected chi connectivity index (χ3v) is 5.00. The molecule has 1 heterocycles. The quantitative estimate of drug-likeness (QED) is 0.713. The molecule has 1 aliphatic heterocycles. The highest BCUT2D eigenvalue weighted by atomic mass is 35.5. The summed E-state index contributed by atoms with van der Waals surface area (Å²) in [6.07, 6.45) is 1.00. The monoisotopic (exact) mass is 423 g/mol. The molecule has 0 spiro atoms. The van der Waals surface area contributed by atoms with Gasteiger partial charge in [-0.2, -0.15) is 0 Å². The molecule has 1 amide bonds. The molecule has 6 heteroatoms. The summed E-state index contributed by atoms with van der Waals surface area (Å²) < 4.78 is 0. The highest BCUT2D eigenvalue weighted by Crippen LogP contribution is 2.12. The van der Waals surface area contributed by atoms with Crippen LogP contribution in [0.3, 0.4) is 0 Å². The Hall–Kier alpha value is -1.59. The van der Waals surface area contributed by atoms with Gasteiger partial charge in [0.2, 0.25) is 5.91 Å². The van der Waals surface area contributed by atoms with E-state index in [1.54, 1.807) is 0 Å². The molecule has 0 saturated carbocycles. The maximum absolute atomic E-state index is 12.7. The Bertz CT molecular complexity index is 643. The van der Waals surface area contributed by atoms with Crippen molar-refractivity contribution in [2.45, 2.75) is 32.5 Å². The third kappa shape index (κ3) is 7.80. The Morgan fingerprint density at radius 3 is 2.04 bits per heavy atom. The smallest absolute Gasteiger partial charge is 0.234 e. The summed E-state index contributed by atoms with van der Waals surface area (Å²) in [6.45, 7) is 6.11. The van der Waals surface area contributed by atoms with Gasteiger partial charge < -0.3 is 10.6 Å². The summed E-state index contributed by atoms with van der Waals surface area (Å²) in [4.78, 5) is 14.9. The van der Waals surface area contributed by atoms with Crippen LogP contribution in [-0.4, -0.2) is 36.5 Å². The normalized spacial score (nSPS) is 18.6. The van der Waals surface area contributed by atoms with Crippen LogP contribution in [0.5, 0.6) is 0 Å². The fourth-order valence-electron chi connectivity index (χ4n) is 3.53. The molecule has 1 aliphatic rings. The van der Waals surface area contributed by atoms with E-state index in [0.29, 0.717) is 12.5 Å². The van der Waals surface area contributed by atoms with Crippen LogP contribution in [0, 0.1) is 5.92 Å². The molecule has 2 N–H and O–H groups in total. The van der Waals surface area contributed by atoms with Gasteiger partial charge in [-0.15, -0.1) is 24.8 Å². The van der Waals surface area contributed by atoms with Gasteiger partial charge in [0.25, 0.3) is 0 Å². The van der Waals surface area contributed by atoms with E-state index in [4.69, 9.17) is 0 Å². The minimum Gasteiger partial charge on any atom is -0.352 e. The third-order valence-electron chi connectivity index (χ3n) is 5.00. The first-order valence-corrected chi connectivity index (χ1v) is 9.51. The molecule has 2 aromatic rings. The summed E-state index contributed by atoms with van der Waals surface area (Å²) in [7, 11) is 0. The van der Waals surface area contributed by atoms with Crippen LogP contribution in [0.4, 0.5) is 0 Å². The number of nitrogens with one attached hydrogen (secondary N) is 2. The van der Waals surface area contributed by atoms with E-state index in [0.717, 1.165) is 32.6 Å². The van der Waals surface area contributed by atoms with Crippen molar-refractivity contribution < 1.29 is 4.79 Å². The zero-order chi connectivity index (χ0) is 18.2. The molecule has 1 saturated heterocycles. The summed E-state index contributed by atoms with van der Waals surface area (Å²) >= 11 is 0. The van der Waals surface area contributed by atoms with Crippen molar-refractivity contribution in [1.29, 1.82) is 0 Å². The first-order chi connectivity index (χ1) is 12.7. The second kappa shape index (κ2) is 12.8. The van der Waals surface area contributed by atoms with Crippen LogP contribution in [0.25, 0.3) is 0 Å². The molecule has 2 unspecified atom stereocenters. The van der Waals surface area contributed by atoms with E-state index >= 15 is 0 Å². The molecule has 0 aliphatic carbocycles. The van der Waals surface area contributed by atoms with Gasteiger partial charge in [0.05, 0.1) is 6.54 Å². The zero-order valence-electron chi connectivity index (χ0n) is 16.3. The van der Waals surface area contributed by atoms with Gasteiger partial charge in [-0.1, -0.05) is 67.6 Å². The molecule has 1 fully saturated rings. The number of benzene rings is 2. The number of piperidine rings is 1. The largest absolute Gasteiger partial charge is 0.352 e. The van der Waals surface area contributed by atoms with E-state index in [1.807, 2.05) is 36.4 Å². The first kappa shape index (κ1) is 24.4. The van der Waals surface area contributed by atoms with Crippen molar-refractivity contribution in [3.05, 3.63) is 71.8 Å². The number of halogens is 2. The van der Waals surface area contributed by atoms with Crippen molar-refractivity contribution in [3.8, 4) is 0 Å². The minimum atomic E-state index is 0. The Morgan fingerprint density at radius 2 is 1.54 bits per heavy atom. The molecule has 0 aromatic heterocycles. The van der Waals surface area contributed by atoms with Gasteiger partial charge in [-0.25, -0.2) is 0 Å². The Morgan fingerprint density at radius 1 is 1.00 bits per heavy atom. The number of nitrogens with zero attached hydrogens (tertiary/aromatic N) is 1. The van der Waals surface area contributed by atoms with Gasteiger partial charge in [-0.05, 0) is 36.6 Å². The van der Waals surface area contributed by atoms with Crippen molar-refractivity contribution in [3.63, 3.8) is 0 Å². The predicted octanol–water partition coefficient (Wildman–Crippen LogP) is 3.65. The maximum atomic E-state index is 12.7. The molecular formula is C22H31Cl2N3O. The summed E-state index contributed by atoms with van der Waals surface area (Å²) in [5.41, 5.74) is 2.46. The van der Waals surface area contributed by atoms with E-state index < -0.39 is 0 Å². The molecule has 0 bridgehead atoms. The molecule has 3 rings (SSSR count). The summed E-state index contributed by atoms with van der Waals surface area (Å²) in [6, 6.07) is 21.0. The van der Waals surface area contributed by atoms with Crippen molar-refractivity contribution in [2.24, 2.45) is 5.92 Å². The molecule has 28 heavy (non-hydrogen) atoms. The highest BCUT2D eigenvalue weighted by molar-refractivity contribution is 5.85. The first-order valence-electron chi connectivity index (χ1n) is 9.51. The van der Waals surface area contributed by atoms with Gasteiger partial charge in [0.15, 0.2) is 0 Å². The summed E-state index contributed by atoms with van der Waals surface area (Å²) in [5.74, 6) is 0.597. The van der Waals surface area contributed by atoms with Crippen LogP contribution in [0.2, 0.25) is 0 Å². The molecule has 2 aromatic carbocycles. The Balaban J connectivity index is 0.00000196. The van der Waals surface area contributed by atoms with Crippen molar-refractivity contribution in [1.82, 2.24) is 15.5 Å². The lowest BCUT2D eigenvalue weighted by Crippen LogP contribution is -2.50. The Kier molecular flexibility index (Phi) is 11.2. The maximum Gasteiger partial charge on any atom is 0.234 e. The average Bonchev–Trinajstić information content (AvgIpc) is 2.65. The number of carbonyl (C=O) groups excluding carboxylic acids is 1. The van der Waals surface area contributed by atoms with Crippen LogP contribution in [-0.2, 0) is 17.9 Å². The second-order valence-corrected chi connectivity index (χ2v) is 7.26. The molecule has 0 radical (unpaired) electrons. The molecular weight excluding hydrogens is 393 g/mol. The second-order valence-electron chi connectivity index (χ2n) is 7.26. The van der Waals surface area contributed by atoms with Crippen LogP contribution in [0.15, 0.2) is 60.7 Å². The van der Waals surface area contributed by atoms with Crippen molar-refractivity contribution >= 4 is 30.7 Å². The van der Waals surface area contributed by atoms with Gasteiger partial charge in [0.1, 0.15) is 0 Å². The number of rotatable bonds is 7. The predicted molar refractivity (Wildman–Crippen MR) is 120 cm³/mol.